The molecule has 4 nitrogen and oxygen atoms in total. The molecule has 0 aliphatic carbocycles. The van der Waals surface area contributed by atoms with Gasteiger partial charge in [-0.25, -0.2) is 4.79 Å². The predicted octanol–water partition coefficient (Wildman–Crippen LogP) is 1.40. The summed E-state index contributed by atoms with van der Waals surface area (Å²) < 4.78 is 4.92. The van der Waals surface area contributed by atoms with Gasteiger partial charge in [0.1, 0.15) is 0 Å². The highest BCUT2D eigenvalue weighted by atomic mass is 16.5. The van der Waals surface area contributed by atoms with E-state index in [-0.39, 0.29) is 6.10 Å². The molecule has 1 aromatic rings. The van der Waals surface area contributed by atoms with E-state index in [0.29, 0.717) is 18.1 Å². The zero-order chi connectivity index (χ0) is 12.0. The third kappa shape index (κ3) is 4.00. The van der Waals surface area contributed by atoms with Crippen molar-refractivity contribution in [2.24, 2.45) is 5.92 Å². The van der Waals surface area contributed by atoms with Crippen LogP contribution in [0.15, 0.2) is 30.3 Å². The number of aliphatic hydroxyl groups is 1. The Morgan fingerprint density at radius 2 is 1.94 bits per heavy atom. The molecule has 0 saturated carbocycles. The van der Waals surface area contributed by atoms with Crippen molar-refractivity contribution < 1.29 is 19.7 Å². The maximum atomic E-state index is 10.2. The number of benzene rings is 1. The Labute approximate surface area is 94.5 Å². The van der Waals surface area contributed by atoms with E-state index in [0.717, 1.165) is 6.61 Å². The summed E-state index contributed by atoms with van der Waals surface area (Å²) in [6, 6.07) is 8.30. The molecule has 0 unspecified atom stereocenters. The third-order valence-electron chi connectivity index (χ3n) is 2.35. The fraction of sp³-hybridized carbons (Fsp3) is 0.417. The van der Waals surface area contributed by atoms with Gasteiger partial charge < -0.3 is 14.9 Å². The van der Waals surface area contributed by atoms with Crippen LogP contribution >= 0.6 is 0 Å². The highest BCUT2D eigenvalue weighted by Gasteiger charge is 2.20. The second-order valence-corrected chi connectivity index (χ2v) is 3.75. The number of hydrogen-bond acceptors (Lipinski definition) is 3. The molecule has 0 aromatic heterocycles. The van der Waals surface area contributed by atoms with Crippen LogP contribution in [0.25, 0.3) is 0 Å². The van der Waals surface area contributed by atoms with Crippen molar-refractivity contribution in [3.05, 3.63) is 35.9 Å². The Bertz CT molecular complexity index is 315. The van der Waals surface area contributed by atoms with E-state index >= 15 is 0 Å². The molecule has 4 heteroatoms. The van der Waals surface area contributed by atoms with Crippen LogP contribution < -0.4 is 0 Å². The molecule has 2 N–H and O–H groups in total. The van der Waals surface area contributed by atoms with Gasteiger partial charge >= 0.3 is 5.97 Å². The highest BCUT2D eigenvalue weighted by molar-refractivity contribution is 5.87. The first-order chi connectivity index (χ1) is 7.61. The fourth-order valence-electron chi connectivity index (χ4n) is 1.23. The zero-order valence-electron chi connectivity index (χ0n) is 9.17. The van der Waals surface area contributed by atoms with Gasteiger partial charge in [0, 0.05) is 5.92 Å². The fourth-order valence-corrected chi connectivity index (χ4v) is 1.23. The SMILES string of the molecule is C[C@@H]1COC[C@H]1O.O=C(O)c1ccccc1. The molecule has 1 heterocycles. The minimum absolute atomic E-state index is 0.208. The lowest BCUT2D eigenvalue weighted by molar-refractivity contribution is 0.0697. The lowest BCUT2D eigenvalue weighted by Gasteiger charge is -2.00. The molecule has 1 aromatic carbocycles. The number of carboxylic acid groups (broad SMARTS) is 1. The molecular formula is C12H16O4. The number of hydrogen-bond donors (Lipinski definition) is 2. The van der Waals surface area contributed by atoms with Crippen LogP contribution in [0.2, 0.25) is 0 Å². The summed E-state index contributed by atoms with van der Waals surface area (Å²) in [6.07, 6.45) is -0.208. The molecule has 1 fully saturated rings. The van der Waals surface area contributed by atoms with Gasteiger partial charge in [-0.3, -0.25) is 0 Å². The van der Waals surface area contributed by atoms with E-state index in [1.165, 1.54) is 0 Å². The monoisotopic (exact) mass is 224 g/mol. The number of carbonyl (C=O) groups is 1. The summed E-state index contributed by atoms with van der Waals surface area (Å²) in [5.74, 6) is -0.532. The molecule has 0 radical (unpaired) electrons. The molecule has 0 bridgehead atoms. The minimum Gasteiger partial charge on any atom is -0.478 e. The van der Waals surface area contributed by atoms with Gasteiger partial charge in [0.05, 0.1) is 24.9 Å². The van der Waals surface area contributed by atoms with Crippen molar-refractivity contribution in [1.29, 1.82) is 0 Å². The van der Waals surface area contributed by atoms with Crippen molar-refractivity contribution in [2.45, 2.75) is 13.0 Å². The molecule has 88 valence electrons. The second kappa shape index (κ2) is 6.25. The predicted molar refractivity (Wildman–Crippen MR) is 59.4 cm³/mol. The van der Waals surface area contributed by atoms with Crippen molar-refractivity contribution >= 4 is 5.97 Å². The van der Waals surface area contributed by atoms with Crippen LogP contribution in [0.3, 0.4) is 0 Å². The Kier molecular flexibility index (Phi) is 4.95. The van der Waals surface area contributed by atoms with Crippen LogP contribution in [0.4, 0.5) is 0 Å². The summed E-state index contributed by atoms with van der Waals surface area (Å²) >= 11 is 0. The second-order valence-electron chi connectivity index (χ2n) is 3.75. The first kappa shape index (κ1) is 12.7. The lowest BCUT2D eigenvalue weighted by atomic mass is 10.1. The first-order valence-electron chi connectivity index (χ1n) is 5.15. The summed E-state index contributed by atoms with van der Waals surface area (Å²) in [7, 11) is 0. The number of rotatable bonds is 1. The van der Waals surface area contributed by atoms with Crippen LogP contribution in [-0.4, -0.2) is 35.5 Å². The maximum absolute atomic E-state index is 10.2. The Morgan fingerprint density at radius 3 is 2.19 bits per heavy atom. The summed E-state index contributed by atoms with van der Waals surface area (Å²) in [5.41, 5.74) is 0.331. The lowest BCUT2D eigenvalue weighted by Crippen LogP contribution is -2.13. The summed E-state index contributed by atoms with van der Waals surface area (Å²) in [5, 5.41) is 17.3. The van der Waals surface area contributed by atoms with Crippen LogP contribution in [0.1, 0.15) is 17.3 Å². The van der Waals surface area contributed by atoms with E-state index in [1.807, 2.05) is 6.92 Å². The molecule has 1 aliphatic heterocycles. The van der Waals surface area contributed by atoms with Gasteiger partial charge in [-0.05, 0) is 12.1 Å². The van der Waals surface area contributed by atoms with Crippen LogP contribution in [0, 0.1) is 5.92 Å². The average Bonchev–Trinajstić information content (AvgIpc) is 2.65. The topological polar surface area (TPSA) is 66.8 Å². The molecular weight excluding hydrogens is 208 g/mol. The van der Waals surface area contributed by atoms with Crippen molar-refractivity contribution in [3.8, 4) is 0 Å². The van der Waals surface area contributed by atoms with Crippen LogP contribution in [-0.2, 0) is 4.74 Å². The maximum Gasteiger partial charge on any atom is 0.335 e. The van der Waals surface area contributed by atoms with E-state index in [2.05, 4.69) is 0 Å². The number of carboxylic acids is 1. The van der Waals surface area contributed by atoms with Crippen molar-refractivity contribution in [1.82, 2.24) is 0 Å². The Morgan fingerprint density at radius 1 is 1.31 bits per heavy atom. The van der Waals surface area contributed by atoms with Gasteiger partial charge in [0.25, 0.3) is 0 Å². The van der Waals surface area contributed by atoms with Gasteiger partial charge in [-0.1, -0.05) is 25.1 Å². The van der Waals surface area contributed by atoms with Crippen LogP contribution in [0.5, 0.6) is 0 Å². The average molecular weight is 224 g/mol. The third-order valence-corrected chi connectivity index (χ3v) is 2.35. The normalized spacial score (nSPS) is 23.4. The molecule has 1 aliphatic rings. The quantitative estimate of drug-likeness (QED) is 0.756. The Hall–Kier alpha value is -1.39. The molecule has 1 saturated heterocycles. The molecule has 2 atom stereocenters. The molecule has 0 spiro atoms. The minimum atomic E-state index is -0.879. The van der Waals surface area contributed by atoms with E-state index in [9.17, 15) is 4.79 Å². The van der Waals surface area contributed by atoms with E-state index in [4.69, 9.17) is 14.9 Å². The van der Waals surface area contributed by atoms with Crippen molar-refractivity contribution in [2.75, 3.05) is 13.2 Å². The first-order valence-corrected chi connectivity index (χ1v) is 5.15. The van der Waals surface area contributed by atoms with Gasteiger partial charge in [0.15, 0.2) is 0 Å². The van der Waals surface area contributed by atoms with E-state index < -0.39 is 5.97 Å². The largest absolute Gasteiger partial charge is 0.478 e. The summed E-state index contributed by atoms with van der Waals surface area (Å²) in [6.45, 7) is 3.24. The van der Waals surface area contributed by atoms with E-state index in [1.54, 1.807) is 30.3 Å². The van der Waals surface area contributed by atoms with Gasteiger partial charge in [0.2, 0.25) is 0 Å². The van der Waals surface area contributed by atoms with Crippen molar-refractivity contribution in [3.63, 3.8) is 0 Å². The molecule has 2 rings (SSSR count). The number of aliphatic hydroxyl groups excluding tert-OH is 1. The molecule has 16 heavy (non-hydrogen) atoms. The smallest absolute Gasteiger partial charge is 0.335 e. The van der Waals surface area contributed by atoms with Gasteiger partial charge in [-0.15, -0.1) is 0 Å². The zero-order valence-corrected chi connectivity index (χ0v) is 9.17. The van der Waals surface area contributed by atoms with Gasteiger partial charge in [-0.2, -0.15) is 0 Å². The molecule has 0 amide bonds. The number of ether oxygens (including phenoxy) is 1. The highest BCUT2D eigenvalue weighted by Crippen LogP contribution is 2.10. The summed E-state index contributed by atoms with van der Waals surface area (Å²) in [4.78, 5) is 10.2. The number of aromatic carboxylic acids is 1. The Balaban J connectivity index is 0.000000165. The standard InChI is InChI=1S/C7H6O2.C5H10O2/c8-7(9)6-4-2-1-3-5-6;1-4-2-7-3-5(4)6/h1-5H,(H,8,9);4-6H,2-3H2,1H3/t;4-,5-/m.1/s1.